The van der Waals surface area contributed by atoms with E-state index in [1.807, 2.05) is 13.8 Å². The standard InChI is InChI=1S/C11H24N2O2/c1-4-6-12-7-8-13-11(14)5-9-15-10(2)3/h10,12H,4-9H2,1-3H3,(H,13,14). The first-order valence-corrected chi connectivity index (χ1v) is 5.75. The van der Waals surface area contributed by atoms with E-state index in [4.69, 9.17) is 4.74 Å². The number of rotatable bonds is 9. The molecule has 0 bridgehead atoms. The highest BCUT2D eigenvalue weighted by Gasteiger charge is 2.00. The monoisotopic (exact) mass is 216 g/mol. The van der Waals surface area contributed by atoms with Crippen LogP contribution in [0.2, 0.25) is 0 Å². The predicted molar refractivity (Wildman–Crippen MR) is 61.9 cm³/mol. The van der Waals surface area contributed by atoms with Crippen LogP contribution in [0.5, 0.6) is 0 Å². The molecule has 0 radical (unpaired) electrons. The minimum absolute atomic E-state index is 0.0638. The Morgan fingerprint density at radius 2 is 2.00 bits per heavy atom. The summed E-state index contributed by atoms with van der Waals surface area (Å²) < 4.78 is 5.28. The van der Waals surface area contributed by atoms with Gasteiger partial charge in [-0.15, -0.1) is 0 Å². The molecule has 4 heteroatoms. The van der Waals surface area contributed by atoms with E-state index < -0.39 is 0 Å². The van der Waals surface area contributed by atoms with Gasteiger partial charge in [-0.1, -0.05) is 6.92 Å². The van der Waals surface area contributed by atoms with Gasteiger partial charge in [-0.05, 0) is 26.8 Å². The average Bonchev–Trinajstić information content (AvgIpc) is 2.17. The molecule has 2 N–H and O–H groups in total. The van der Waals surface area contributed by atoms with Gasteiger partial charge in [0, 0.05) is 19.5 Å². The molecule has 0 aromatic rings. The van der Waals surface area contributed by atoms with Crippen molar-refractivity contribution in [2.45, 2.75) is 39.7 Å². The summed E-state index contributed by atoms with van der Waals surface area (Å²) in [4.78, 5) is 11.2. The molecule has 0 aromatic carbocycles. The number of carbonyl (C=O) groups excluding carboxylic acids is 1. The summed E-state index contributed by atoms with van der Waals surface area (Å²) in [5.74, 6) is 0.0638. The van der Waals surface area contributed by atoms with Crippen molar-refractivity contribution in [3.05, 3.63) is 0 Å². The second-order valence-electron chi connectivity index (χ2n) is 3.77. The Bertz CT molecular complexity index is 161. The van der Waals surface area contributed by atoms with Gasteiger partial charge in [-0.2, -0.15) is 0 Å². The Morgan fingerprint density at radius 1 is 1.27 bits per heavy atom. The summed E-state index contributed by atoms with van der Waals surface area (Å²) in [6.07, 6.45) is 1.77. The molecule has 0 saturated carbocycles. The molecule has 0 atom stereocenters. The molecule has 0 aliphatic heterocycles. The molecule has 1 amide bonds. The zero-order valence-corrected chi connectivity index (χ0v) is 10.1. The lowest BCUT2D eigenvalue weighted by Crippen LogP contribution is -2.32. The molecule has 0 aliphatic carbocycles. The maximum Gasteiger partial charge on any atom is 0.222 e. The Kier molecular flexibility index (Phi) is 9.52. The van der Waals surface area contributed by atoms with Crippen molar-refractivity contribution in [1.29, 1.82) is 0 Å². The molecule has 90 valence electrons. The van der Waals surface area contributed by atoms with Gasteiger partial charge in [0.15, 0.2) is 0 Å². The SMILES string of the molecule is CCCNCCNC(=O)CCOC(C)C. The smallest absolute Gasteiger partial charge is 0.222 e. The van der Waals surface area contributed by atoms with Crippen molar-refractivity contribution in [2.75, 3.05) is 26.2 Å². The van der Waals surface area contributed by atoms with E-state index in [1.165, 1.54) is 0 Å². The number of hydrogen-bond donors (Lipinski definition) is 2. The summed E-state index contributed by atoms with van der Waals surface area (Å²) in [7, 11) is 0. The lowest BCUT2D eigenvalue weighted by atomic mass is 10.4. The molecule has 0 saturated heterocycles. The zero-order valence-electron chi connectivity index (χ0n) is 10.1. The third-order valence-electron chi connectivity index (χ3n) is 1.83. The first-order valence-electron chi connectivity index (χ1n) is 5.75. The largest absolute Gasteiger partial charge is 0.378 e. The lowest BCUT2D eigenvalue weighted by Gasteiger charge is -2.08. The number of nitrogens with one attached hydrogen (secondary N) is 2. The van der Waals surface area contributed by atoms with Crippen LogP contribution in [0.25, 0.3) is 0 Å². The van der Waals surface area contributed by atoms with Crippen molar-refractivity contribution < 1.29 is 9.53 Å². The van der Waals surface area contributed by atoms with Crippen LogP contribution >= 0.6 is 0 Å². The quantitative estimate of drug-likeness (QED) is 0.563. The van der Waals surface area contributed by atoms with Crippen LogP contribution in [-0.4, -0.2) is 38.3 Å². The first-order chi connectivity index (χ1) is 7.16. The van der Waals surface area contributed by atoms with Crippen molar-refractivity contribution >= 4 is 5.91 Å². The van der Waals surface area contributed by atoms with Crippen LogP contribution in [-0.2, 0) is 9.53 Å². The van der Waals surface area contributed by atoms with Gasteiger partial charge in [0.2, 0.25) is 5.91 Å². The van der Waals surface area contributed by atoms with Crippen LogP contribution < -0.4 is 10.6 Å². The summed E-state index contributed by atoms with van der Waals surface area (Å²) in [5.41, 5.74) is 0. The van der Waals surface area contributed by atoms with E-state index >= 15 is 0 Å². The minimum atomic E-state index is 0.0638. The summed E-state index contributed by atoms with van der Waals surface area (Å²) in [6, 6.07) is 0. The molecule has 0 rings (SSSR count). The fourth-order valence-corrected chi connectivity index (χ4v) is 1.07. The third-order valence-corrected chi connectivity index (χ3v) is 1.83. The summed E-state index contributed by atoms with van der Waals surface area (Å²) in [6.45, 7) is 9.09. The highest BCUT2D eigenvalue weighted by Crippen LogP contribution is 1.89. The Balaban J connectivity index is 3.19. The fraction of sp³-hybridized carbons (Fsp3) is 0.909. The minimum Gasteiger partial charge on any atom is -0.378 e. The number of ether oxygens (including phenoxy) is 1. The molecule has 0 unspecified atom stereocenters. The highest BCUT2D eigenvalue weighted by molar-refractivity contribution is 5.75. The van der Waals surface area contributed by atoms with Gasteiger partial charge in [-0.3, -0.25) is 4.79 Å². The molecular weight excluding hydrogens is 192 g/mol. The molecule has 0 heterocycles. The highest BCUT2D eigenvalue weighted by atomic mass is 16.5. The lowest BCUT2D eigenvalue weighted by molar-refractivity contribution is -0.122. The maximum atomic E-state index is 11.2. The second-order valence-corrected chi connectivity index (χ2v) is 3.77. The van der Waals surface area contributed by atoms with E-state index in [0.29, 0.717) is 19.6 Å². The van der Waals surface area contributed by atoms with Gasteiger partial charge >= 0.3 is 0 Å². The van der Waals surface area contributed by atoms with Gasteiger partial charge in [-0.25, -0.2) is 0 Å². The molecule has 0 aromatic heterocycles. The number of carbonyl (C=O) groups is 1. The van der Waals surface area contributed by atoms with Gasteiger partial charge < -0.3 is 15.4 Å². The molecule has 0 fully saturated rings. The van der Waals surface area contributed by atoms with Crippen molar-refractivity contribution in [3.8, 4) is 0 Å². The Hall–Kier alpha value is -0.610. The van der Waals surface area contributed by atoms with Crippen molar-refractivity contribution in [2.24, 2.45) is 0 Å². The van der Waals surface area contributed by atoms with Crippen LogP contribution in [0.1, 0.15) is 33.6 Å². The maximum absolute atomic E-state index is 11.2. The van der Waals surface area contributed by atoms with Crippen LogP contribution in [0.15, 0.2) is 0 Å². The second kappa shape index (κ2) is 9.93. The fourth-order valence-electron chi connectivity index (χ4n) is 1.07. The topological polar surface area (TPSA) is 50.4 Å². The van der Waals surface area contributed by atoms with E-state index in [2.05, 4.69) is 17.6 Å². The zero-order chi connectivity index (χ0) is 11.5. The Morgan fingerprint density at radius 3 is 2.60 bits per heavy atom. The van der Waals surface area contributed by atoms with Crippen molar-refractivity contribution in [1.82, 2.24) is 10.6 Å². The van der Waals surface area contributed by atoms with Crippen LogP contribution in [0.3, 0.4) is 0 Å². The third kappa shape index (κ3) is 11.3. The Labute approximate surface area is 92.8 Å². The van der Waals surface area contributed by atoms with Crippen LogP contribution in [0, 0.1) is 0 Å². The first kappa shape index (κ1) is 14.4. The van der Waals surface area contributed by atoms with Gasteiger partial charge in [0.05, 0.1) is 12.7 Å². The molecular formula is C11H24N2O2. The average molecular weight is 216 g/mol. The van der Waals surface area contributed by atoms with Crippen LogP contribution in [0.4, 0.5) is 0 Å². The summed E-state index contributed by atoms with van der Waals surface area (Å²) >= 11 is 0. The van der Waals surface area contributed by atoms with E-state index in [-0.39, 0.29) is 12.0 Å². The van der Waals surface area contributed by atoms with E-state index in [9.17, 15) is 4.79 Å². The van der Waals surface area contributed by atoms with E-state index in [1.54, 1.807) is 0 Å². The normalized spacial score (nSPS) is 10.7. The van der Waals surface area contributed by atoms with Crippen molar-refractivity contribution in [3.63, 3.8) is 0 Å². The molecule has 0 spiro atoms. The molecule has 4 nitrogen and oxygen atoms in total. The van der Waals surface area contributed by atoms with E-state index in [0.717, 1.165) is 19.5 Å². The van der Waals surface area contributed by atoms with Gasteiger partial charge in [0.25, 0.3) is 0 Å². The summed E-state index contributed by atoms with van der Waals surface area (Å²) in [5, 5.41) is 6.05. The molecule has 0 aliphatic rings. The van der Waals surface area contributed by atoms with Gasteiger partial charge in [0.1, 0.15) is 0 Å². The number of hydrogen-bond acceptors (Lipinski definition) is 3. The molecule has 15 heavy (non-hydrogen) atoms. The predicted octanol–water partition coefficient (Wildman–Crippen LogP) is 0.917. The number of amides is 1.